The monoisotopic (exact) mass is 579 g/mol. The maximum Gasteiger partial charge on any atom is 0.261 e. The SMILES string of the molecule is N/C(=C\N(N)CCN1C(=O)c2ccccc2C1=O)n1cc(-c2cnn(C3CCCCO3)c2)c2ccc(Cl)c(Cl)c21. The molecule has 0 spiro atoms. The summed E-state index contributed by atoms with van der Waals surface area (Å²) in [7, 11) is 0. The third-order valence-corrected chi connectivity index (χ3v) is 8.05. The standard InChI is InChI=1S/C28H27Cl2N7O3/c29-22-9-8-18-21(17-13-33-37(14-17)24-7-3-4-12-40-24)15-36(26(18)25(22)30)23(31)16-34(32)10-11-35-27(38)19-5-1-2-6-20(19)28(35)39/h1-2,5-6,8-9,13-16,24H,3-4,7,10-12,31-32H2/b23-16+. The summed E-state index contributed by atoms with van der Waals surface area (Å²) in [5, 5.41) is 7.45. The Kier molecular flexibility index (Phi) is 7.01. The van der Waals surface area contributed by atoms with E-state index in [1.165, 1.54) is 16.1 Å². The van der Waals surface area contributed by atoms with Crippen LogP contribution in [0.3, 0.4) is 0 Å². The Hall–Kier alpha value is -3.83. The molecule has 12 heteroatoms. The summed E-state index contributed by atoms with van der Waals surface area (Å²) in [6.45, 7) is 0.984. The van der Waals surface area contributed by atoms with Crippen molar-refractivity contribution in [2.24, 2.45) is 11.6 Å². The number of carbonyl (C=O) groups is 2. The summed E-state index contributed by atoms with van der Waals surface area (Å²) < 4.78 is 9.44. The van der Waals surface area contributed by atoms with Crippen LogP contribution in [0.2, 0.25) is 10.0 Å². The van der Waals surface area contributed by atoms with E-state index < -0.39 is 0 Å². The molecule has 0 aliphatic carbocycles. The molecule has 4 heterocycles. The second-order valence-electron chi connectivity index (χ2n) is 9.80. The van der Waals surface area contributed by atoms with Crippen LogP contribution in [0, 0.1) is 0 Å². The summed E-state index contributed by atoms with van der Waals surface area (Å²) in [6.07, 6.45) is 10.1. The molecule has 1 atom stereocenters. The average molecular weight is 580 g/mol. The Morgan fingerprint density at radius 3 is 2.52 bits per heavy atom. The van der Waals surface area contributed by atoms with Crippen molar-refractivity contribution in [1.82, 2.24) is 24.3 Å². The molecule has 0 radical (unpaired) electrons. The third kappa shape index (κ3) is 4.62. The van der Waals surface area contributed by atoms with Crippen LogP contribution >= 0.6 is 23.2 Å². The van der Waals surface area contributed by atoms with Gasteiger partial charge in [-0.15, -0.1) is 0 Å². The van der Waals surface area contributed by atoms with Crippen LogP contribution < -0.4 is 11.6 Å². The third-order valence-electron chi connectivity index (χ3n) is 7.26. The minimum atomic E-state index is -0.340. The van der Waals surface area contributed by atoms with Crippen LogP contribution in [-0.4, -0.2) is 55.8 Å². The summed E-state index contributed by atoms with van der Waals surface area (Å²) in [4.78, 5) is 26.5. The number of imide groups is 1. The normalized spacial score (nSPS) is 17.6. The highest BCUT2D eigenvalue weighted by Crippen LogP contribution is 2.39. The van der Waals surface area contributed by atoms with E-state index in [1.807, 2.05) is 23.1 Å². The number of hydrogen-bond donors (Lipinski definition) is 2. The van der Waals surface area contributed by atoms with E-state index in [-0.39, 0.29) is 37.0 Å². The van der Waals surface area contributed by atoms with Gasteiger partial charge in [-0.2, -0.15) is 5.10 Å². The minimum absolute atomic E-state index is 0.0909. The van der Waals surface area contributed by atoms with Gasteiger partial charge < -0.3 is 15.5 Å². The van der Waals surface area contributed by atoms with Gasteiger partial charge in [0.1, 0.15) is 12.0 Å². The highest BCUT2D eigenvalue weighted by Gasteiger charge is 2.34. The van der Waals surface area contributed by atoms with Crippen LogP contribution in [0.1, 0.15) is 46.2 Å². The molecule has 10 nitrogen and oxygen atoms in total. The molecule has 40 heavy (non-hydrogen) atoms. The Morgan fingerprint density at radius 1 is 1.07 bits per heavy atom. The summed E-state index contributed by atoms with van der Waals surface area (Å²) in [5.41, 5.74) is 9.65. The zero-order valence-electron chi connectivity index (χ0n) is 21.5. The molecule has 2 aliphatic rings. The molecule has 2 aromatic heterocycles. The highest BCUT2D eigenvalue weighted by molar-refractivity contribution is 6.45. The zero-order chi connectivity index (χ0) is 28.0. The van der Waals surface area contributed by atoms with Gasteiger partial charge in [-0.25, -0.2) is 10.5 Å². The number of carbonyl (C=O) groups excluding carboxylic acids is 2. The summed E-state index contributed by atoms with van der Waals surface area (Å²) >= 11 is 13.0. The largest absolute Gasteiger partial charge is 0.384 e. The molecule has 0 bridgehead atoms. The summed E-state index contributed by atoms with van der Waals surface area (Å²) in [5.74, 6) is 5.82. The number of halogens is 2. The second kappa shape index (κ2) is 10.6. The first-order valence-corrected chi connectivity index (χ1v) is 13.7. The number of nitrogens with zero attached hydrogens (tertiary/aromatic N) is 5. The topological polar surface area (TPSA) is 125 Å². The van der Waals surface area contributed by atoms with Crippen LogP contribution in [0.4, 0.5) is 0 Å². The van der Waals surface area contributed by atoms with Crippen molar-refractivity contribution in [3.63, 3.8) is 0 Å². The minimum Gasteiger partial charge on any atom is -0.384 e. The molecular weight excluding hydrogens is 553 g/mol. The molecule has 2 aromatic carbocycles. The van der Waals surface area contributed by atoms with Crippen molar-refractivity contribution in [2.45, 2.75) is 25.5 Å². The molecule has 1 saturated heterocycles. The predicted molar refractivity (Wildman–Crippen MR) is 153 cm³/mol. The lowest BCUT2D eigenvalue weighted by atomic mass is 10.1. The number of fused-ring (bicyclic) bond motifs is 2. The second-order valence-corrected chi connectivity index (χ2v) is 10.6. The van der Waals surface area contributed by atoms with Crippen LogP contribution in [-0.2, 0) is 4.74 Å². The molecule has 1 fully saturated rings. The van der Waals surface area contributed by atoms with E-state index in [4.69, 9.17) is 39.5 Å². The number of hydrazine groups is 1. The van der Waals surface area contributed by atoms with Gasteiger partial charge in [0.2, 0.25) is 0 Å². The van der Waals surface area contributed by atoms with E-state index in [0.29, 0.717) is 26.7 Å². The van der Waals surface area contributed by atoms with Gasteiger partial charge in [-0.05, 0) is 37.5 Å². The van der Waals surface area contributed by atoms with Gasteiger partial charge in [0.25, 0.3) is 11.8 Å². The predicted octanol–water partition coefficient (Wildman–Crippen LogP) is 4.70. The van der Waals surface area contributed by atoms with Crippen molar-refractivity contribution in [3.8, 4) is 11.1 Å². The van der Waals surface area contributed by atoms with E-state index >= 15 is 0 Å². The van der Waals surface area contributed by atoms with Crippen LogP contribution in [0.15, 0.2) is 61.2 Å². The van der Waals surface area contributed by atoms with Crippen molar-refractivity contribution in [2.75, 3.05) is 19.7 Å². The van der Waals surface area contributed by atoms with E-state index in [0.717, 1.165) is 42.4 Å². The number of ether oxygens (including phenoxy) is 1. The molecule has 6 rings (SSSR count). The van der Waals surface area contributed by atoms with E-state index in [9.17, 15) is 9.59 Å². The van der Waals surface area contributed by atoms with Crippen LogP contribution in [0.5, 0.6) is 0 Å². The van der Waals surface area contributed by atoms with Crippen molar-refractivity contribution < 1.29 is 14.3 Å². The fourth-order valence-electron chi connectivity index (χ4n) is 5.21. The molecule has 1 unspecified atom stereocenters. The number of rotatable bonds is 7. The van der Waals surface area contributed by atoms with Gasteiger partial charge in [-0.3, -0.25) is 19.1 Å². The number of nitrogens with two attached hydrogens (primary N) is 2. The number of benzene rings is 2. The van der Waals surface area contributed by atoms with Crippen molar-refractivity contribution >= 4 is 51.7 Å². The lowest BCUT2D eigenvalue weighted by Gasteiger charge is -2.22. The quantitative estimate of drug-likeness (QED) is 0.185. The van der Waals surface area contributed by atoms with Gasteiger partial charge >= 0.3 is 0 Å². The van der Waals surface area contributed by atoms with E-state index in [1.54, 1.807) is 41.1 Å². The molecule has 206 valence electrons. The molecule has 4 N–H and O–H groups in total. The zero-order valence-corrected chi connectivity index (χ0v) is 23.0. The van der Waals surface area contributed by atoms with Crippen molar-refractivity contribution in [3.05, 3.63) is 82.4 Å². The lowest BCUT2D eigenvalue weighted by Crippen LogP contribution is -2.39. The Morgan fingerprint density at radius 2 is 1.82 bits per heavy atom. The summed E-state index contributed by atoms with van der Waals surface area (Å²) in [6, 6.07) is 10.4. The first-order valence-electron chi connectivity index (χ1n) is 12.9. The Labute approximate surface area is 240 Å². The number of aromatic nitrogens is 3. The molecule has 2 amide bonds. The smallest absolute Gasteiger partial charge is 0.261 e. The molecule has 0 saturated carbocycles. The fourth-order valence-corrected chi connectivity index (χ4v) is 5.62. The lowest BCUT2D eigenvalue weighted by molar-refractivity contribution is -0.0394. The Bertz CT molecular complexity index is 1620. The molecular formula is C28H27Cl2N7O3. The fraction of sp³-hybridized carbons (Fsp3) is 0.250. The average Bonchev–Trinajstić information content (AvgIpc) is 3.66. The number of amides is 2. The van der Waals surface area contributed by atoms with Crippen molar-refractivity contribution in [1.29, 1.82) is 0 Å². The van der Waals surface area contributed by atoms with Crippen LogP contribution in [0.25, 0.3) is 27.9 Å². The highest BCUT2D eigenvalue weighted by atomic mass is 35.5. The first kappa shape index (κ1) is 26.4. The molecule has 2 aliphatic heterocycles. The van der Waals surface area contributed by atoms with Gasteiger partial charge in [-0.1, -0.05) is 41.4 Å². The van der Waals surface area contributed by atoms with E-state index in [2.05, 4.69) is 5.10 Å². The van der Waals surface area contributed by atoms with Gasteiger partial charge in [0.15, 0.2) is 0 Å². The molecule has 4 aromatic rings. The first-order chi connectivity index (χ1) is 19.3. The maximum absolute atomic E-state index is 12.7. The van der Waals surface area contributed by atoms with Gasteiger partial charge in [0, 0.05) is 42.1 Å². The maximum atomic E-state index is 12.7. The van der Waals surface area contributed by atoms with Gasteiger partial charge in [0.05, 0.1) is 45.6 Å². The number of hydrogen-bond acceptors (Lipinski definition) is 7. The Balaban J connectivity index is 1.26.